The highest BCUT2D eigenvalue weighted by atomic mass is 35.5. The number of benzene rings is 1. The summed E-state index contributed by atoms with van der Waals surface area (Å²) in [4.78, 5) is 15.8. The number of hydrogen-bond acceptors (Lipinski definition) is 5. The second-order valence-corrected chi connectivity index (χ2v) is 4.91. The maximum atomic E-state index is 11.6. The lowest BCUT2D eigenvalue weighted by molar-refractivity contribution is -0.121. The smallest absolute Gasteiger partial charge is 0.227 e. The van der Waals surface area contributed by atoms with E-state index < -0.39 is 0 Å². The molecule has 0 spiro atoms. The third kappa shape index (κ3) is 5.63. The molecular weight excluding hydrogens is 327 g/mol. The summed E-state index contributed by atoms with van der Waals surface area (Å²) in [6.45, 7) is 1.35. The molecule has 0 saturated carbocycles. The SMILES string of the molecule is CNCCNC(=O)CCc1nc(-c2ccc(Cl)cc2)no1.Cl. The predicted octanol–water partition coefficient (Wildman–Crippen LogP) is 2.08. The van der Waals surface area contributed by atoms with Gasteiger partial charge in [0.1, 0.15) is 0 Å². The zero-order valence-corrected chi connectivity index (χ0v) is 13.7. The van der Waals surface area contributed by atoms with Crippen molar-refractivity contribution in [2.75, 3.05) is 20.1 Å². The number of aryl methyl sites for hydroxylation is 1. The second-order valence-electron chi connectivity index (χ2n) is 4.47. The van der Waals surface area contributed by atoms with Crippen molar-refractivity contribution in [3.8, 4) is 11.4 Å². The van der Waals surface area contributed by atoms with Gasteiger partial charge in [-0.3, -0.25) is 4.79 Å². The molecule has 8 heteroatoms. The Hall–Kier alpha value is -1.63. The monoisotopic (exact) mass is 344 g/mol. The Balaban J connectivity index is 0.00000242. The Bertz CT molecular complexity index is 587. The molecule has 120 valence electrons. The Morgan fingerprint density at radius 2 is 2.00 bits per heavy atom. The number of nitrogens with one attached hydrogen (secondary N) is 2. The molecule has 0 unspecified atom stereocenters. The van der Waals surface area contributed by atoms with Crippen LogP contribution in [-0.2, 0) is 11.2 Å². The molecule has 22 heavy (non-hydrogen) atoms. The van der Waals surface area contributed by atoms with E-state index in [1.54, 1.807) is 12.1 Å². The van der Waals surface area contributed by atoms with Crippen molar-refractivity contribution >= 4 is 29.9 Å². The van der Waals surface area contributed by atoms with Gasteiger partial charge in [-0.15, -0.1) is 12.4 Å². The molecule has 0 saturated heterocycles. The Morgan fingerprint density at radius 1 is 1.27 bits per heavy atom. The van der Waals surface area contributed by atoms with Crippen molar-refractivity contribution in [3.63, 3.8) is 0 Å². The van der Waals surface area contributed by atoms with Gasteiger partial charge in [-0.05, 0) is 31.3 Å². The van der Waals surface area contributed by atoms with E-state index in [2.05, 4.69) is 20.8 Å². The van der Waals surface area contributed by atoms with E-state index in [0.717, 1.165) is 12.1 Å². The molecule has 0 atom stereocenters. The zero-order chi connectivity index (χ0) is 15.1. The Kier molecular flexibility index (Phi) is 7.87. The minimum Gasteiger partial charge on any atom is -0.355 e. The number of carbonyl (C=O) groups is 1. The normalized spacial score (nSPS) is 10.1. The highest BCUT2D eigenvalue weighted by Crippen LogP contribution is 2.18. The molecule has 0 radical (unpaired) electrons. The van der Waals surface area contributed by atoms with Gasteiger partial charge in [0.15, 0.2) is 0 Å². The van der Waals surface area contributed by atoms with Crippen molar-refractivity contribution in [3.05, 3.63) is 35.2 Å². The molecule has 1 heterocycles. The average molecular weight is 345 g/mol. The fraction of sp³-hybridized carbons (Fsp3) is 0.357. The van der Waals surface area contributed by atoms with Crippen LogP contribution in [0.4, 0.5) is 0 Å². The third-order valence-corrected chi connectivity index (χ3v) is 3.09. The number of rotatable bonds is 7. The van der Waals surface area contributed by atoms with Crippen molar-refractivity contribution in [1.82, 2.24) is 20.8 Å². The molecule has 2 N–H and O–H groups in total. The molecule has 0 aliphatic carbocycles. The maximum absolute atomic E-state index is 11.6. The lowest BCUT2D eigenvalue weighted by Crippen LogP contribution is -2.30. The number of nitrogens with zero attached hydrogens (tertiary/aromatic N) is 2. The minimum atomic E-state index is -0.0310. The summed E-state index contributed by atoms with van der Waals surface area (Å²) in [5.74, 6) is 0.914. The molecule has 6 nitrogen and oxygen atoms in total. The summed E-state index contributed by atoms with van der Waals surface area (Å²) in [5.41, 5.74) is 0.827. The molecule has 0 fully saturated rings. The summed E-state index contributed by atoms with van der Waals surface area (Å²) >= 11 is 5.83. The first-order chi connectivity index (χ1) is 10.2. The van der Waals surface area contributed by atoms with Gasteiger partial charge in [-0.2, -0.15) is 4.98 Å². The van der Waals surface area contributed by atoms with Crippen LogP contribution in [-0.4, -0.2) is 36.2 Å². The summed E-state index contributed by atoms with van der Waals surface area (Å²) in [6.07, 6.45) is 0.748. The average Bonchev–Trinajstić information content (AvgIpc) is 2.95. The molecule has 1 aromatic carbocycles. The van der Waals surface area contributed by atoms with E-state index in [0.29, 0.717) is 36.1 Å². The van der Waals surface area contributed by atoms with Crippen LogP contribution < -0.4 is 10.6 Å². The predicted molar refractivity (Wildman–Crippen MR) is 87.2 cm³/mol. The summed E-state index contributed by atoms with van der Waals surface area (Å²) < 4.78 is 5.14. The fourth-order valence-corrected chi connectivity index (χ4v) is 1.83. The van der Waals surface area contributed by atoms with Crippen LogP contribution in [0.1, 0.15) is 12.3 Å². The number of carbonyl (C=O) groups excluding carboxylic acids is 1. The van der Waals surface area contributed by atoms with Gasteiger partial charge in [0.2, 0.25) is 17.6 Å². The quantitative estimate of drug-likeness (QED) is 0.751. The maximum Gasteiger partial charge on any atom is 0.227 e. The van der Waals surface area contributed by atoms with Crippen LogP contribution in [0.2, 0.25) is 5.02 Å². The van der Waals surface area contributed by atoms with Crippen LogP contribution in [0.25, 0.3) is 11.4 Å². The van der Waals surface area contributed by atoms with Crippen LogP contribution in [0, 0.1) is 0 Å². The highest BCUT2D eigenvalue weighted by Gasteiger charge is 2.10. The summed E-state index contributed by atoms with van der Waals surface area (Å²) in [6, 6.07) is 7.17. The zero-order valence-electron chi connectivity index (χ0n) is 12.1. The van der Waals surface area contributed by atoms with Crippen molar-refractivity contribution in [2.24, 2.45) is 0 Å². The van der Waals surface area contributed by atoms with Gasteiger partial charge < -0.3 is 15.2 Å². The number of halogens is 2. The van der Waals surface area contributed by atoms with E-state index >= 15 is 0 Å². The fourth-order valence-electron chi connectivity index (χ4n) is 1.71. The van der Waals surface area contributed by atoms with Crippen LogP contribution >= 0.6 is 24.0 Å². The first-order valence-electron chi connectivity index (χ1n) is 6.69. The molecule has 1 amide bonds. The standard InChI is InChI=1S/C14H17ClN4O2.ClH/c1-16-8-9-17-12(20)6-7-13-18-14(19-21-13)10-2-4-11(15)5-3-10;/h2-5,16H,6-9H2,1H3,(H,17,20);1H. The van der Waals surface area contributed by atoms with Crippen molar-refractivity contribution < 1.29 is 9.32 Å². The minimum absolute atomic E-state index is 0. The highest BCUT2D eigenvalue weighted by molar-refractivity contribution is 6.30. The lowest BCUT2D eigenvalue weighted by Gasteiger charge is -2.02. The van der Waals surface area contributed by atoms with Gasteiger partial charge in [-0.25, -0.2) is 0 Å². The molecule has 0 aliphatic heterocycles. The summed E-state index contributed by atoms with van der Waals surface area (Å²) in [7, 11) is 1.84. The number of hydrogen-bond donors (Lipinski definition) is 2. The van der Waals surface area contributed by atoms with E-state index in [9.17, 15) is 4.79 Å². The second kappa shape index (κ2) is 9.40. The molecule has 0 bridgehead atoms. The van der Waals surface area contributed by atoms with Gasteiger partial charge in [0, 0.05) is 36.5 Å². The van der Waals surface area contributed by atoms with Gasteiger partial charge in [-0.1, -0.05) is 16.8 Å². The number of likely N-dealkylation sites (N-methyl/N-ethyl adjacent to an activating group) is 1. The van der Waals surface area contributed by atoms with Crippen molar-refractivity contribution in [1.29, 1.82) is 0 Å². The first kappa shape index (κ1) is 18.4. The first-order valence-corrected chi connectivity index (χ1v) is 7.06. The lowest BCUT2D eigenvalue weighted by atomic mass is 10.2. The van der Waals surface area contributed by atoms with Crippen LogP contribution in [0.5, 0.6) is 0 Å². The van der Waals surface area contributed by atoms with Gasteiger partial charge >= 0.3 is 0 Å². The van der Waals surface area contributed by atoms with E-state index in [1.165, 1.54) is 0 Å². The molecule has 0 aliphatic rings. The number of amides is 1. The van der Waals surface area contributed by atoms with Crippen molar-refractivity contribution in [2.45, 2.75) is 12.8 Å². The molecule has 2 aromatic rings. The Morgan fingerprint density at radius 3 is 2.68 bits per heavy atom. The third-order valence-electron chi connectivity index (χ3n) is 2.83. The van der Waals surface area contributed by atoms with Crippen LogP contribution in [0.15, 0.2) is 28.8 Å². The van der Waals surface area contributed by atoms with E-state index in [4.69, 9.17) is 16.1 Å². The topological polar surface area (TPSA) is 80.0 Å². The van der Waals surface area contributed by atoms with Gasteiger partial charge in [0.05, 0.1) is 0 Å². The Labute approximate surface area is 140 Å². The van der Waals surface area contributed by atoms with E-state index in [-0.39, 0.29) is 18.3 Å². The largest absolute Gasteiger partial charge is 0.355 e. The molecule has 2 rings (SSSR count). The summed E-state index contributed by atoms with van der Waals surface area (Å²) in [5, 5.41) is 10.3. The molecule has 1 aromatic heterocycles. The van der Waals surface area contributed by atoms with Gasteiger partial charge in [0.25, 0.3) is 0 Å². The van der Waals surface area contributed by atoms with Crippen LogP contribution in [0.3, 0.4) is 0 Å². The number of aromatic nitrogens is 2. The molecular formula is C14H18Cl2N4O2. The van der Waals surface area contributed by atoms with E-state index in [1.807, 2.05) is 19.2 Å².